The molecule has 0 radical (unpaired) electrons. The molecule has 2 aromatic rings. The summed E-state index contributed by atoms with van der Waals surface area (Å²) in [5.74, 6) is 0.447. The lowest BCUT2D eigenvalue weighted by atomic mass is 10.3. The van der Waals surface area contributed by atoms with Crippen LogP contribution in [0.3, 0.4) is 0 Å². The van der Waals surface area contributed by atoms with E-state index in [-0.39, 0.29) is 5.82 Å². The number of nitrogens with one attached hydrogen (secondary N) is 1. The Hall–Kier alpha value is -1.07. The molecular weight excluding hydrogens is 308 g/mol. The maximum absolute atomic E-state index is 13.4. The smallest absolute Gasteiger partial charge is 0.146 e. The Kier molecular flexibility index (Phi) is 3.69. The number of rotatable bonds is 3. The zero-order valence-corrected chi connectivity index (χ0v) is 11.4. The summed E-state index contributed by atoms with van der Waals surface area (Å²) in [7, 11) is 1.81. The minimum absolute atomic E-state index is 0.298. The van der Waals surface area contributed by atoms with Crippen LogP contribution in [0.5, 0.6) is 0 Å². The van der Waals surface area contributed by atoms with E-state index in [1.54, 1.807) is 22.9 Å². The molecule has 0 saturated carbocycles. The first-order valence-electron chi connectivity index (χ1n) is 4.93. The Labute approximate surface area is 112 Å². The second-order valence-electron chi connectivity index (χ2n) is 3.53. The Morgan fingerprint density at radius 3 is 2.94 bits per heavy atom. The van der Waals surface area contributed by atoms with Crippen LogP contribution in [0.25, 0.3) is 0 Å². The van der Waals surface area contributed by atoms with Crippen molar-refractivity contribution in [3.05, 3.63) is 45.7 Å². The molecule has 0 unspecified atom stereocenters. The van der Waals surface area contributed by atoms with Gasteiger partial charge in [0.15, 0.2) is 0 Å². The van der Waals surface area contributed by atoms with E-state index in [9.17, 15) is 4.39 Å². The van der Waals surface area contributed by atoms with Gasteiger partial charge in [0.1, 0.15) is 16.8 Å². The van der Waals surface area contributed by atoms with Crippen LogP contribution in [0.4, 0.5) is 10.1 Å². The highest BCUT2D eigenvalue weighted by Crippen LogP contribution is 2.20. The van der Waals surface area contributed by atoms with E-state index >= 15 is 0 Å². The van der Waals surface area contributed by atoms with Crippen molar-refractivity contribution < 1.29 is 4.39 Å². The molecule has 1 aromatic heterocycles. The molecule has 0 amide bonds. The Bertz CT molecular complexity index is 542. The van der Waals surface area contributed by atoms with Crippen molar-refractivity contribution in [3.8, 4) is 0 Å². The van der Waals surface area contributed by atoms with Gasteiger partial charge in [0.05, 0.1) is 18.4 Å². The number of anilines is 1. The van der Waals surface area contributed by atoms with Crippen molar-refractivity contribution in [2.24, 2.45) is 7.05 Å². The van der Waals surface area contributed by atoms with Gasteiger partial charge in [0.2, 0.25) is 0 Å². The highest BCUT2D eigenvalue weighted by atomic mass is 79.9. The SMILES string of the molecule is Cn1c(Cl)cnc1CNc1cc(Br)ccc1F. The third-order valence-electron chi connectivity index (χ3n) is 2.39. The van der Waals surface area contributed by atoms with Crippen LogP contribution in [0.15, 0.2) is 28.9 Å². The van der Waals surface area contributed by atoms with Gasteiger partial charge in [-0.2, -0.15) is 0 Å². The third-order valence-corrected chi connectivity index (χ3v) is 3.24. The van der Waals surface area contributed by atoms with E-state index in [0.29, 0.717) is 17.4 Å². The van der Waals surface area contributed by atoms with Gasteiger partial charge < -0.3 is 9.88 Å². The quantitative estimate of drug-likeness (QED) is 0.937. The summed E-state index contributed by atoms with van der Waals surface area (Å²) in [5, 5.41) is 3.53. The number of aromatic nitrogens is 2. The average Bonchev–Trinajstić information content (AvgIpc) is 2.62. The summed E-state index contributed by atoms with van der Waals surface area (Å²) in [5.41, 5.74) is 0.429. The fourth-order valence-electron chi connectivity index (χ4n) is 1.40. The van der Waals surface area contributed by atoms with Crippen molar-refractivity contribution in [2.45, 2.75) is 6.54 Å². The number of halogens is 3. The first-order chi connectivity index (χ1) is 8.08. The largest absolute Gasteiger partial charge is 0.375 e. The summed E-state index contributed by atoms with van der Waals surface area (Å²) in [4.78, 5) is 4.12. The van der Waals surface area contributed by atoms with Crippen molar-refractivity contribution in [1.82, 2.24) is 9.55 Å². The molecule has 0 bridgehead atoms. The van der Waals surface area contributed by atoms with E-state index in [1.807, 2.05) is 7.05 Å². The molecule has 0 aliphatic heterocycles. The van der Waals surface area contributed by atoms with Crippen molar-refractivity contribution in [3.63, 3.8) is 0 Å². The fourth-order valence-corrected chi connectivity index (χ4v) is 1.90. The molecule has 3 nitrogen and oxygen atoms in total. The van der Waals surface area contributed by atoms with Gasteiger partial charge in [-0.1, -0.05) is 27.5 Å². The lowest BCUT2D eigenvalue weighted by molar-refractivity contribution is 0.629. The van der Waals surface area contributed by atoms with E-state index in [2.05, 4.69) is 26.2 Å². The summed E-state index contributed by atoms with van der Waals surface area (Å²) in [6, 6.07) is 4.73. The minimum Gasteiger partial charge on any atom is -0.375 e. The molecule has 1 N–H and O–H groups in total. The van der Waals surface area contributed by atoms with E-state index in [4.69, 9.17) is 11.6 Å². The van der Waals surface area contributed by atoms with Crippen LogP contribution < -0.4 is 5.32 Å². The lowest BCUT2D eigenvalue weighted by Crippen LogP contribution is -2.07. The number of nitrogens with zero attached hydrogens (tertiary/aromatic N) is 2. The molecule has 1 heterocycles. The monoisotopic (exact) mass is 317 g/mol. The number of hydrogen-bond acceptors (Lipinski definition) is 2. The fraction of sp³-hybridized carbons (Fsp3) is 0.182. The molecule has 1 aromatic carbocycles. The maximum atomic E-state index is 13.4. The molecule has 0 aliphatic rings. The molecule has 90 valence electrons. The molecular formula is C11H10BrClFN3. The first-order valence-corrected chi connectivity index (χ1v) is 6.10. The van der Waals surface area contributed by atoms with Gasteiger partial charge in [-0.05, 0) is 18.2 Å². The molecule has 0 spiro atoms. The predicted octanol–water partition coefficient (Wildman–Crippen LogP) is 3.59. The summed E-state index contributed by atoms with van der Waals surface area (Å²) < 4.78 is 16.0. The van der Waals surface area contributed by atoms with Crippen LogP contribution in [0.2, 0.25) is 5.15 Å². The Balaban J connectivity index is 2.12. The van der Waals surface area contributed by atoms with Crippen LogP contribution in [0, 0.1) is 5.82 Å². The molecule has 0 fully saturated rings. The summed E-state index contributed by atoms with van der Waals surface area (Å²) in [6.45, 7) is 0.413. The number of hydrogen-bond donors (Lipinski definition) is 1. The molecule has 2 rings (SSSR count). The van der Waals surface area contributed by atoms with E-state index in [0.717, 1.165) is 10.3 Å². The van der Waals surface area contributed by atoms with Crippen molar-refractivity contribution in [1.29, 1.82) is 0 Å². The third kappa shape index (κ3) is 2.79. The van der Waals surface area contributed by atoms with Gasteiger partial charge in [0, 0.05) is 11.5 Å². The second-order valence-corrected chi connectivity index (χ2v) is 4.84. The van der Waals surface area contributed by atoms with Crippen LogP contribution >= 0.6 is 27.5 Å². The van der Waals surface area contributed by atoms with Crippen molar-refractivity contribution >= 4 is 33.2 Å². The average molecular weight is 319 g/mol. The first kappa shape index (κ1) is 12.4. The zero-order chi connectivity index (χ0) is 12.4. The summed E-state index contributed by atoms with van der Waals surface area (Å²) >= 11 is 9.15. The van der Waals surface area contributed by atoms with Crippen molar-refractivity contribution in [2.75, 3.05) is 5.32 Å². The highest BCUT2D eigenvalue weighted by molar-refractivity contribution is 9.10. The highest BCUT2D eigenvalue weighted by Gasteiger charge is 2.06. The minimum atomic E-state index is -0.298. The van der Waals surface area contributed by atoms with Gasteiger partial charge in [-0.25, -0.2) is 9.37 Å². The van der Waals surface area contributed by atoms with Gasteiger partial charge >= 0.3 is 0 Å². The molecule has 0 saturated heterocycles. The standard InChI is InChI=1S/C11H10BrClFN3/c1-17-10(13)5-16-11(17)6-15-9-4-7(12)2-3-8(9)14/h2-5,15H,6H2,1H3. The molecule has 6 heteroatoms. The summed E-state index contributed by atoms with van der Waals surface area (Å²) in [6.07, 6.45) is 1.57. The lowest BCUT2D eigenvalue weighted by Gasteiger charge is -2.08. The number of benzene rings is 1. The predicted molar refractivity (Wildman–Crippen MR) is 69.6 cm³/mol. The van der Waals surface area contributed by atoms with Gasteiger partial charge in [-0.15, -0.1) is 0 Å². The molecule has 0 atom stereocenters. The zero-order valence-electron chi connectivity index (χ0n) is 9.04. The second kappa shape index (κ2) is 5.06. The van der Waals surface area contributed by atoms with Crippen LogP contribution in [-0.2, 0) is 13.6 Å². The topological polar surface area (TPSA) is 29.9 Å². The maximum Gasteiger partial charge on any atom is 0.146 e. The normalized spacial score (nSPS) is 10.6. The molecule has 17 heavy (non-hydrogen) atoms. The van der Waals surface area contributed by atoms with E-state index in [1.165, 1.54) is 6.07 Å². The van der Waals surface area contributed by atoms with Crippen LogP contribution in [-0.4, -0.2) is 9.55 Å². The molecule has 0 aliphatic carbocycles. The van der Waals surface area contributed by atoms with Crippen LogP contribution in [0.1, 0.15) is 5.82 Å². The number of imidazole rings is 1. The van der Waals surface area contributed by atoms with Gasteiger partial charge in [-0.3, -0.25) is 0 Å². The van der Waals surface area contributed by atoms with E-state index < -0.39 is 0 Å². The Morgan fingerprint density at radius 1 is 1.53 bits per heavy atom. The van der Waals surface area contributed by atoms with Gasteiger partial charge in [0.25, 0.3) is 0 Å². The Morgan fingerprint density at radius 2 is 2.29 bits per heavy atom.